The lowest BCUT2D eigenvalue weighted by Gasteiger charge is -2.67. The predicted molar refractivity (Wildman–Crippen MR) is 155 cm³/mol. The largest absolute Gasteiger partial charge is 0.455 e. The number of hydrogen-bond acceptors (Lipinski definition) is 9. The lowest BCUT2D eigenvalue weighted by atomic mass is 9.43. The van der Waals surface area contributed by atoms with Crippen LogP contribution in [0.2, 0.25) is 0 Å². The molecule has 3 fully saturated rings. The topological polar surface area (TPSA) is 136 Å². The highest BCUT2D eigenvalue weighted by atomic mass is 16.6. The highest BCUT2D eigenvalue weighted by molar-refractivity contribution is 6.05. The van der Waals surface area contributed by atoms with Crippen molar-refractivity contribution in [2.24, 2.45) is 22.7 Å². The van der Waals surface area contributed by atoms with E-state index in [-0.39, 0.29) is 23.3 Å². The maximum Gasteiger partial charge on any atom is 0.339 e. The van der Waals surface area contributed by atoms with Crippen LogP contribution < -0.4 is 0 Å². The van der Waals surface area contributed by atoms with E-state index in [1.54, 1.807) is 52.0 Å². The van der Waals surface area contributed by atoms with Crippen molar-refractivity contribution in [3.8, 4) is 0 Å². The Morgan fingerprint density at radius 3 is 2.37 bits per heavy atom. The van der Waals surface area contributed by atoms with Crippen molar-refractivity contribution >= 4 is 34.3 Å². The number of Topliss-reactive ketones (excluding diaryl/α,β-unsaturated/α-hetero) is 2. The zero-order valence-electron chi connectivity index (χ0n) is 25.3. The monoisotopic (exact) mass is 590 g/mol. The van der Waals surface area contributed by atoms with Crippen molar-refractivity contribution in [1.82, 2.24) is 0 Å². The fourth-order valence-corrected chi connectivity index (χ4v) is 8.60. The molecule has 0 spiro atoms. The number of rotatable bonds is 3. The first-order valence-electron chi connectivity index (χ1n) is 14.8. The van der Waals surface area contributed by atoms with E-state index in [1.807, 2.05) is 25.1 Å². The van der Waals surface area contributed by atoms with Crippen LogP contribution in [0.3, 0.4) is 0 Å². The molecule has 4 aliphatic rings. The van der Waals surface area contributed by atoms with Crippen molar-refractivity contribution < 1.29 is 43.6 Å². The molecule has 1 saturated heterocycles. The molecule has 228 valence electrons. The highest BCUT2D eigenvalue weighted by Crippen LogP contribution is 2.64. The maximum absolute atomic E-state index is 14.6. The minimum atomic E-state index is -2.09. The van der Waals surface area contributed by atoms with Crippen LogP contribution >= 0.6 is 0 Å². The molecule has 2 bridgehead atoms. The second-order valence-corrected chi connectivity index (χ2v) is 13.6. The third-order valence-corrected chi connectivity index (χ3v) is 11.2. The van der Waals surface area contributed by atoms with Gasteiger partial charge in [-0.2, -0.15) is 0 Å². The first-order chi connectivity index (χ1) is 20.1. The summed E-state index contributed by atoms with van der Waals surface area (Å²) in [7, 11) is 0. The molecule has 2 aromatic rings. The van der Waals surface area contributed by atoms with Gasteiger partial charge < -0.3 is 24.4 Å². The number of carbonyl (C=O) groups is 4. The van der Waals surface area contributed by atoms with Gasteiger partial charge in [0.2, 0.25) is 0 Å². The van der Waals surface area contributed by atoms with Gasteiger partial charge in [-0.1, -0.05) is 64.1 Å². The zero-order valence-corrected chi connectivity index (χ0v) is 25.3. The van der Waals surface area contributed by atoms with Gasteiger partial charge in [-0.15, -0.1) is 0 Å². The molecule has 1 heterocycles. The smallest absolute Gasteiger partial charge is 0.339 e. The van der Waals surface area contributed by atoms with Crippen LogP contribution in [0.4, 0.5) is 0 Å². The summed E-state index contributed by atoms with van der Waals surface area (Å²) in [6.07, 6.45) is -3.94. The quantitative estimate of drug-likeness (QED) is 0.513. The third kappa shape index (κ3) is 3.80. The maximum atomic E-state index is 14.6. The Hall–Kier alpha value is -3.40. The van der Waals surface area contributed by atoms with Crippen molar-refractivity contribution in [1.29, 1.82) is 0 Å². The highest BCUT2D eigenvalue weighted by Gasteiger charge is 2.77. The average molecular weight is 591 g/mol. The number of allylic oxidation sites excluding steroid dienone is 1. The van der Waals surface area contributed by atoms with Gasteiger partial charge in [-0.25, -0.2) is 4.79 Å². The lowest BCUT2D eigenvalue weighted by Crippen LogP contribution is -2.80. The minimum Gasteiger partial charge on any atom is -0.455 e. The molecule has 43 heavy (non-hydrogen) atoms. The summed E-state index contributed by atoms with van der Waals surface area (Å²) in [6, 6.07) is 12.5. The first-order valence-corrected chi connectivity index (χ1v) is 14.8. The third-order valence-electron chi connectivity index (χ3n) is 11.2. The van der Waals surface area contributed by atoms with Crippen LogP contribution in [-0.2, 0) is 28.6 Å². The molecule has 2 N–H and O–H groups in total. The minimum absolute atomic E-state index is 0.0951. The molecule has 2 saturated carbocycles. The summed E-state index contributed by atoms with van der Waals surface area (Å²) in [5, 5.41) is 26.1. The molecule has 6 unspecified atom stereocenters. The number of ether oxygens (including phenoxy) is 3. The van der Waals surface area contributed by atoms with E-state index in [4.69, 9.17) is 14.2 Å². The Bertz CT molecular complexity index is 1600. The number of aliphatic hydroxyl groups excluding tert-OH is 1. The molecule has 6 rings (SSSR count). The standard InChI is InChI=1S/C34H38O9/c1-17-14-24-33(16-41-24,43-19(3)35)27-29(42-30(39)22-13-9-11-20-10-7-8-12-21(20)22)34(40)15-23(36)18(2)25(31(34,4)5)26(37)28(38)32(17,27)6/h7-13,17,24,26-27,29,37,40H,14-16H2,1-6H3/t17-,24?,26?,27?,29?,32+,33?,34?/m0/s1. The summed E-state index contributed by atoms with van der Waals surface area (Å²) in [4.78, 5) is 55.0. The van der Waals surface area contributed by atoms with Crippen molar-refractivity contribution in [2.45, 2.75) is 83.9 Å². The molecule has 1 aliphatic heterocycles. The van der Waals surface area contributed by atoms with Crippen LogP contribution in [0.5, 0.6) is 0 Å². The normalized spacial score (nSPS) is 38.3. The molecule has 0 amide bonds. The van der Waals surface area contributed by atoms with Crippen molar-refractivity contribution in [2.75, 3.05) is 6.61 Å². The molecule has 2 aromatic carbocycles. The van der Waals surface area contributed by atoms with E-state index >= 15 is 0 Å². The summed E-state index contributed by atoms with van der Waals surface area (Å²) < 4.78 is 18.4. The van der Waals surface area contributed by atoms with Gasteiger partial charge >= 0.3 is 11.9 Å². The van der Waals surface area contributed by atoms with Gasteiger partial charge in [-0.3, -0.25) is 14.4 Å². The van der Waals surface area contributed by atoms with E-state index in [1.165, 1.54) is 6.92 Å². The van der Waals surface area contributed by atoms with E-state index in [0.29, 0.717) is 11.8 Å². The molecular weight excluding hydrogens is 552 g/mol. The second-order valence-electron chi connectivity index (χ2n) is 13.6. The fourth-order valence-electron chi connectivity index (χ4n) is 8.60. The predicted octanol–water partition coefficient (Wildman–Crippen LogP) is 3.72. The van der Waals surface area contributed by atoms with Gasteiger partial charge in [0, 0.05) is 24.2 Å². The zero-order chi connectivity index (χ0) is 31.3. The molecule has 3 aliphatic carbocycles. The number of hydrogen-bond donors (Lipinski definition) is 2. The number of aliphatic hydroxyl groups is 2. The van der Waals surface area contributed by atoms with Crippen LogP contribution in [0, 0.1) is 22.7 Å². The van der Waals surface area contributed by atoms with Crippen LogP contribution in [-0.4, -0.2) is 69.8 Å². The number of benzene rings is 2. The number of esters is 2. The fraction of sp³-hybridized carbons (Fsp3) is 0.529. The average Bonchev–Trinajstić information content (AvgIpc) is 2.94. The molecule has 9 nitrogen and oxygen atoms in total. The summed E-state index contributed by atoms with van der Waals surface area (Å²) >= 11 is 0. The summed E-state index contributed by atoms with van der Waals surface area (Å²) in [6.45, 7) is 9.53. The van der Waals surface area contributed by atoms with E-state index in [2.05, 4.69) is 0 Å². The Morgan fingerprint density at radius 1 is 1.05 bits per heavy atom. The SMILES string of the molecule is CC(=O)OC12COC1C[C@H](C)[C@@]1(C)C(=O)C(O)C3=C(C)C(=O)CC(O)(C(OC(=O)c4cccc5ccccc45)C21)C3(C)C. The first kappa shape index (κ1) is 29.7. The molecule has 0 aromatic heterocycles. The Balaban J connectivity index is 1.63. The molecule has 9 heteroatoms. The number of ketones is 2. The van der Waals surface area contributed by atoms with Gasteiger partial charge in [-0.05, 0) is 47.2 Å². The summed E-state index contributed by atoms with van der Waals surface area (Å²) in [5.41, 5.74) is -5.82. The van der Waals surface area contributed by atoms with Crippen molar-refractivity contribution in [3.63, 3.8) is 0 Å². The summed E-state index contributed by atoms with van der Waals surface area (Å²) in [5.74, 6) is -4.01. The lowest BCUT2D eigenvalue weighted by molar-refractivity contribution is -0.338. The molecule has 8 atom stereocenters. The van der Waals surface area contributed by atoms with E-state index in [9.17, 15) is 29.4 Å². The Labute approximate surface area is 250 Å². The Kier molecular flexibility index (Phi) is 6.59. The molecular formula is C34H38O9. The van der Waals surface area contributed by atoms with Gasteiger partial charge in [0.05, 0.1) is 18.1 Å². The van der Waals surface area contributed by atoms with Crippen LogP contribution in [0.15, 0.2) is 53.6 Å². The Morgan fingerprint density at radius 2 is 1.72 bits per heavy atom. The van der Waals surface area contributed by atoms with Crippen LogP contribution in [0.1, 0.15) is 64.7 Å². The van der Waals surface area contributed by atoms with Gasteiger partial charge in [0.1, 0.15) is 23.9 Å². The van der Waals surface area contributed by atoms with Gasteiger partial charge in [0.25, 0.3) is 0 Å². The van der Waals surface area contributed by atoms with E-state index in [0.717, 1.165) is 5.39 Å². The van der Waals surface area contributed by atoms with E-state index < -0.39 is 82.1 Å². The van der Waals surface area contributed by atoms with Crippen molar-refractivity contribution in [3.05, 3.63) is 59.2 Å². The molecule has 0 radical (unpaired) electrons. The number of carbonyl (C=O) groups excluding carboxylic acids is 4. The van der Waals surface area contributed by atoms with Gasteiger partial charge in [0.15, 0.2) is 17.2 Å². The van der Waals surface area contributed by atoms with Crippen LogP contribution in [0.25, 0.3) is 10.8 Å². The second kappa shape index (κ2) is 9.55. The number of fused-ring (bicyclic) bond motifs is 6.